The van der Waals surface area contributed by atoms with Crippen molar-refractivity contribution >= 4 is 33.3 Å². The van der Waals surface area contributed by atoms with Crippen molar-refractivity contribution in [3.8, 4) is 0 Å². The Morgan fingerprint density at radius 1 is 0.833 bits per heavy atom. The Balaban J connectivity index is 1.75. The van der Waals surface area contributed by atoms with Gasteiger partial charge in [0.25, 0.3) is 5.91 Å². The van der Waals surface area contributed by atoms with Gasteiger partial charge in [-0.2, -0.15) is 0 Å². The van der Waals surface area contributed by atoms with Gasteiger partial charge in [-0.1, -0.05) is 48.5 Å². The van der Waals surface area contributed by atoms with Crippen molar-refractivity contribution in [1.82, 2.24) is 0 Å². The molecule has 1 N–H and O–H groups in total. The summed E-state index contributed by atoms with van der Waals surface area (Å²) in [6, 6.07) is 21.5. The Labute approximate surface area is 137 Å². The fraction of sp³-hybridized carbons (Fsp3) is 0. The minimum absolute atomic E-state index is 0.00775. The maximum atomic E-state index is 12.5. The molecule has 0 spiro atoms. The van der Waals surface area contributed by atoms with E-state index in [9.17, 15) is 9.59 Å². The molecular formula is C20H13NO3. The topological polar surface area (TPSA) is 59.3 Å². The van der Waals surface area contributed by atoms with Crippen molar-refractivity contribution in [1.29, 1.82) is 0 Å². The van der Waals surface area contributed by atoms with Crippen LogP contribution in [-0.4, -0.2) is 5.91 Å². The van der Waals surface area contributed by atoms with E-state index in [2.05, 4.69) is 5.32 Å². The van der Waals surface area contributed by atoms with Crippen molar-refractivity contribution in [2.45, 2.75) is 0 Å². The fourth-order valence-electron chi connectivity index (χ4n) is 2.73. The Morgan fingerprint density at radius 2 is 1.54 bits per heavy atom. The summed E-state index contributed by atoms with van der Waals surface area (Å²) in [6.07, 6.45) is 0. The van der Waals surface area contributed by atoms with Crippen LogP contribution in [0.1, 0.15) is 10.6 Å². The molecule has 0 atom stereocenters. The molecule has 0 aliphatic carbocycles. The highest BCUT2D eigenvalue weighted by atomic mass is 16.3. The normalized spacial score (nSPS) is 10.8. The molecule has 0 saturated carbocycles. The summed E-state index contributed by atoms with van der Waals surface area (Å²) in [4.78, 5) is 24.6. The molecule has 0 saturated heterocycles. The minimum Gasteiger partial charge on any atom is -0.451 e. The minimum atomic E-state index is -0.450. The number of fused-ring (bicyclic) bond motifs is 2. The molecule has 4 aromatic rings. The van der Waals surface area contributed by atoms with Crippen LogP contribution in [0.3, 0.4) is 0 Å². The first-order valence-electron chi connectivity index (χ1n) is 7.54. The van der Waals surface area contributed by atoms with E-state index in [1.54, 1.807) is 24.3 Å². The maximum absolute atomic E-state index is 12.5. The molecule has 1 aromatic heterocycles. The predicted octanol–water partition coefficient (Wildman–Crippen LogP) is 4.20. The molecule has 24 heavy (non-hydrogen) atoms. The largest absolute Gasteiger partial charge is 0.451 e. The second-order valence-electron chi connectivity index (χ2n) is 5.45. The lowest BCUT2D eigenvalue weighted by molar-refractivity contribution is 0.0997. The predicted molar refractivity (Wildman–Crippen MR) is 94.4 cm³/mol. The number of amides is 1. The van der Waals surface area contributed by atoms with Gasteiger partial charge in [0.05, 0.1) is 5.39 Å². The number of rotatable bonds is 2. The van der Waals surface area contributed by atoms with Crippen molar-refractivity contribution in [3.63, 3.8) is 0 Å². The second kappa shape index (κ2) is 5.66. The number of carbonyl (C=O) groups is 1. The lowest BCUT2D eigenvalue weighted by Gasteiger charge is -2.08. The average molecular weight is 315 g/mol. The number of anilines is 1. The number of benzene rings is 3. The molecule has 0 fully saturated rings. The molecular weight excluding hydrogens is 302 g/mol. The fourth-order valence-corrected chi connectivity index (χ4v) is 2.73. The van der Waals surface area contributed by atoms with Crippen LogP contribution in [0, 0.1) is 0 Å². The zero-order valence-corrected chi connectivity index (χ0v) is 12.7. The average Bonchev–Trinajstić information content (AvgIpc) is 2.62. The van der Waals surface area contributed by atoms with E-state index in [1.165, 1.54) is 6.07 Å². The summed E-state index contributed by atoms with van der Waals surface area (Å²) < 4.78 is 5.58. The molecule has 3 aromatic carbocycles. The summed E-state index contributed by atoms with van der Waals surface area (Å²) in [5.41, 5.74) is 0.835. The monoisotopic (exact) mass is 315 g/mol. The van der Waals surface area contributed by atoms with Crippen LogP contribution in [0.5, 0.6) is 0 Å². The standard InChI is InChI=1S/C20H13NO3/c22-17-12-19(24-18-11-4-3-9-15(17)18)20(23)21-16-10-5-7-13-6-1-2-8-14(13)16/h1-12H,(H,21,23). The van der Waals surface area contributed by atoms with Gasteiger partial charge in [-0.05, 0) is 23.6 Å². The van der Waals surface area contributed by atoms with Crippen molar-refractivity contribution in [2.24, 2.45) is 0 Å². The van der Waals surface area contributed by atoms with Crippen molar-refractivity contribution in [3.05, 3.63) is 88.8 Å². The Hall–Kier alpha value is -3.40. The summed E-state index contributed by atoms with van der Waals surface area (Å²) in [6.45, 7) is 0. The number of hydrogen-bond acceptors (Lipinski definition) is 3. The maximum Gasteiger partial charge on any atom is 0.291 e. The van der Waals surface area contributed by atoms with E-state index < -0.39 is 5.91 Å². The van der Waals surface area contributed by atoms with Crippen LogP contribution < -0.4 is 10.7 Å². The molecule has 1 amide bonds. The highest BCUT2D eigenvalue weighted by Crippen LogP contribution is 2.23. The Morgan fingerprint density at radius 3 is 2.42 bits per heavy atom. The van der Waals surface area contributed by atoms with Crippen LogP contribution >= 0.6 is 0 Å². The molecule has 4 heteroatoms. The summed E-state index contributed by atoms with van der Waals surface area (Å²) >= 11 is 0. The highest BCUT2D eigenvalue weighted by Gasteiger charge is 2.13. The highest BCUT2D eigenvalue weighted by molar-refractivity contribution is 6.08. The molecule has 0 radical (unpaired) electrons. The van der Waals surface area contributed by atoms with E-state index >= 15 is 0 Å². The summed E-state index contributed by atoms with van der Waals surface area (Å²) in [5, 5.41) is 5.23. The van der Waals surface area contributed by atoms with E-state index in [1.807, 2.05) is 42.5 Å². The Bertz CT molecular complexity index is 1120. The van der Waals surface area contributed by atoms with Crippen molar-refractivity contribution in [2.75, 3.05) is 5.32 Å². The zero-order chi connectivity index (χ0) is 16.5. The van der Waals surface area contributed by atoms with Gasteiger partial charge in [0.15, 0.2) is 11.2 Å². The van der Waals surface area contributed by atoms with Gasteiger partial charge in [-0.15, -0.1) is 0 Å². The Kier molecular flexibility index (Phi) is 3.35. The molecule has 4 nitrogen and oxygen atoms in total. The third-order valence-electron chi connectivity index (χ3n) is 3.90. The molecule has 0 unspecified atom stereocenters. The van der Waals surface area contributed by atoms with Crippen LogP contribution in [0.25, 0.3) is 21.7 Å². The van der Waals surface area contributed by atoms with E-state index in [0.29, 0.717) is 16.7 Å². The first kappa shape index (κ1) is 14.2. The third kappa shape index (κ3) is 2.44. The summed E-state index contributed by atoms with van der Waals surface area (Å²) in [7, 11) is 0. The van der Waals surface area contributed by atoms with Crippen molar-refractivity contribution < 1.29 is 9.21 Å². The molecule has 0 bridgehead atoms. The van der Waals surface area contributed by atoms with Gasteiger partial charge in [-0.25, -0.2) is 0 Å². The third-order valence-corrected chi connectivity index (χ3v) is 3.90. The smallest absolute Gasteiger partial charge is 0.291 e. The first-order chi connectivity index (χ1) is 11.7. The lowest BCUT2D eigenvalue weighted by Crippen LogP contribution is -2.15. The van der Waals surface area contributed by atoms with E-state index in [-0.39, 0.29) is 11.2 Å². The van der Waals surface area contributed by atoms with Gasteiger partial charge in [0.1, 0.15) is 5.58 Å². The molecule has 1 heterocycles. The number of carbonyl (C=O) groups excluding carboxylic acids is 1. The summed E-state index contributed by atoms with van der Waals surface area (Å²) in [5.74, 6) is -0.458. The van der Waals surface area contributed by atoms with Crippen LogP contribution in [-0.2, 0) is 0 Å². The first-order valence-corrected chi connectivity index (χ1v) is 7.54. The quantitative estimate of drug-likeness (QED) is 0.603. The van der Waals surface area contributed by atoms with Gasteiger partial charge in [-0.3, -0.25) is 9.59 Å². The van der Waals surface area contributed by atoms with Crippen LogP contribution in [0.2, 0.25) is 0 Å². The number of nitrogens with one attached hydrogen (secondary N) is 1. The molecule has 4 rings (SSSR count). The SMILES string of the molecule is O=C(Nc1cccc2ccccc12)c1cc(=O)c2ccccc2o1. The van der Waals surface area contributed by atoms with E-state index in [0.717, 1.165) is 10.8 Å². The van der Waals surface area contributed by atoms with Gasteiger partial charge in [0, 0.05) is 17.1 Å². The van der Waals surface area contributed by atoms with E-state index in [4.69, 9.17) is 4.42 Å². The molecule has 0 aliphatic rings. The molecule has 116 valence electrons. The number of hydrogen-bond donors (Lipinski definition) is 1. The zero-order valence-electron chi connectivity index (χ0n) is 12.7. The molecule has 0 aliphatic heterocycles. The second-order valence-corrected chi connectivity index (χ2v) is 5.45. The van der Waals surface area contributed by atoms with Gasteiger partial charge >= 0.3 is 0 Å². The van der Waals surface area contributed by atoms with Crippen LogP contribution in [0.4, 0.5) is 5.69 Å². The van der Waals surface area contributed by atoms with Gasteiger partial charge < -0.3 is 9.73 Å². The van der Waals surface area contributed by atoms with Crippen LogP contribution in [0.15, 0.2) is 82.0 Å². The number of para-hydroxylation sites is 1. The lowest BCUT2D eigenvalue weighted by atomic mass is 10.1. The van der Waals surface area contributed by atoms with Gasteiger partial charge in [0.2, 0.25) is 0 Å².